The second kappa shape index (κ2) is 28.9. The molecule has 0 unspecified atom stereocenters. The summed E-state index contributed by atoms with van der Waals surface area (Å²) >= 11 is 12.0. The molecule has 0 bridgehead atoms. The van der Waals surface area contributed by atoms with Crippen LogP contribution in [0.4, 0.5) is 22.7 Å². The number of carbonyl (C=O) groups is 6. The summed E-state index contributed by atoms with van der Waals surface area (Å²) in [6, 6.07) is 26.5. The van der Waals surface area contributed by atoms with Gasteiger partial charge in [-0.25, -0.2) is 0 Å². The van der Waals surface area contributed by atoms with Crippen LogP contribution in [-0.2, 0) is 0 Å². The van der Waals surface area contributed by atoms with Crippen LogP contribution in [0.3, 0.4) is 0 Å². The molecule has 6 aromatic carbocycles. The van der Waals surface area contributed by atoms with E-state index in [-0.39, 0.29) is 78.1 Å². The first-order valence-electron chi connectivity index (χ1n) is 26.7. The number of hydrogen-bond acceptors (Lipinski definition) is 18. The Morgan fingerprint density at radius 1 is 0.341 bits per heavy atom. The number of ketones is 6. The van der Waals surface area contributed by atoms with E-state index in [4.69, 9.17) is 28.9 Å². The Kier molecular flexibility index (Phi) is 22.5. The van der Waals surface area contributed by atoms with Crippen LogP contribution in [0.1, 0.15) is 95.5 Å². The van der Waals surface area contributed by atoms with Crippen molar-refractivity contribution in [2.75, 3.05) is 157 Å². The van der Waals surface area contributed by atoms with Crippen molar-refractivity contribution in [1.82, 2.24) is 24.5 Å². The Balaban J connectivity index is 0.000000193. The molecule has 8 N–H and O–H groups in total. The van der Waals surface area contributed by atoms with Gasteiger partial charge < -0.3 is 61.7 Å². The maximum absolute atomic E-state index is 13.4. The molecule has 20 heteroatoms. The highest BCUT2D eigenvalue weighted by molar-refractivity contribution is 6.42. The standard InChI is InChI=1S/C22H28N4O4.C22H28N4O2.C14H6Cl2O2.C4H12N2/c1-25(2)11-9-23-13-5-7-15(27)19-17(13)21(29)20-16(28)8-6-14(18(20)22(19)30)24-10-12-26(3)4;1-25(2)13-11-23-17-9-5-7-15-19(17)21(27)16-8-6-10-18(20(16)22(15)28)24-12-14-26(3)4;15-9-5-1-3-7-11(9)14(18)8-4-2-6-10(16)12(8)13(7)17;1-6(2)4-3-5/h5-8,23-24,27-28H,9-12H2,1-4H3;5-10,23-24H,11-14H2,1-4H3;1-6H;3-5H2,1-2H3. The Bertz CT molecular complexity index is 3150. The van der Waals surface area contributed by atoms with Crippen LogP contribution in [0.15, 0.2) is 97.1 Å². The van der Waals surface area contributed by atoms with Gasteiger partial charge in [-0.2, -0.15) is 0 Å². The second-order valence-electron chi connectivity index (χ2n) is 21.0. The van der Waals surface area contributed by atoms with Crippen molar-refractivity contribution in [2.24, 2.45) is 5.73 Å². The molecule has 6 aromatic rings. The Morgan fingerprint density at radius 2 is 0.610 bits per heavy atom. The van der Waals surface area contributed by atoms with E-state index < -0.39 is 11.6 Å². The lowest BCUT2D eigenvalue weighted by atomic mass is 9.81. The van der Waals surface area contributed by atoms with Gasteiger partial charge >= 0.3 is 0 Å². The van der Waals surface area contributed by atoms with E-state index in [9.17, 15) is 39.0 Å². The smallest absolute Gasteiger partial charge is 0.200 e. The highest BCUT2D eigenvalue weighted by Gasteiger charge is 2.39. The predicted molar refractivity (Wildman–Crippen MR) is 328 cm³/mol. The molecule has 434 valence electrons. The maximum Gasteiger partial charge on any atom is 0.200 e. The number of aromatic hydroxyl groups is 2. The zero-order chi connectivity index (χ0) is 60.1. The fourth-order valence-electron chi connectivity index (χ4n) is 9.27. The molecule has 0 aliphatic heterocycles. The van der Waals surface area contributed by atoms with Crippen LogP contribution < -0.4 is 27.0 Å². The molecule has 0 atom stereocenters. The van der Waals surface area contributed by atoms with E-state index in [0.717, 1.165) is 39.3 Å². The first-order valence-corrected chi connectivity index (χ1v) is 27.5. The molecule has 9 rings (SSSR count). The minimum absolute atomic E-state index is 0.0383. The molecule has 0 saturated heterocycles. The van der Waals surface area contributed by atoms with Gasteiger partial charge in [-0.1, -0.05) is 71.7 Å². The summed E-state index contributed by atoms with van der Waals surface area (Å²) in [5.41, 5.74) is 10.7. The fraction of sp³-hybridized carbons (Fsp3) is 0.323. The van der Waals surface area contributed by atoms with Gasteiger partial charge in [0.2, 0.25) is 11.6 Å². The molecule has 82 heavy (non-hydrogen) atoms. The summed E-state index contributed by atoms with van der Waals surface area (Å²) < 4.78 is 0. The normalized spacial score (nSPS) is 12.8. The number of rotatable bonds is 18. The molecule has 3 aliphatic rings. The summed E-state index contributed by atoms with van der Waals surface area (Å²) in [6.07, 6.45) is 0. The number of fused-ring (bicyclic) bond motifs is 6. The molecule has 0 saturated carbocycles. The van der Waals surface area contributed by atoms with E-state index in [1.807, 2.05) is 105 Å². The molecule has 0 aromatic heterocycles. The SMILES string of the molecule is CN(C)CCN.CN(C)CCNc1ccc(O)c2c1C(=O)c1c(O)ccc(NCCN(C)C)c1C2=O.CN(C)CCNc1cccc2c1C(=O)c1cccc(NCCN(C)C)c1C2=O.O=C1c2cccc(Cl)c2C(=O)c2cccc(Cl)c21. The van der Waals surface area contributed by atoms with Crippen LogP contribution in [-0.4, -0.2) is 205 Å². The average Bonchev–Trinajstić information content (AvgIpc) is 1.40. The molecule has 0 heterocycles. The van der Waals surface area contributed by atoms with Crippen molar-refractivity contribution >= 4 is 80.7 Å². The van der Waals surface area contributed by atoms with Crippen molar-refractivity contribution in [3.05, 3.63) is 174 Å². The van der Waals surface area contributed by atoms with Gasteiger partial charge in [0.1, 0.15) is 11.5 Å². The van der Waals surface area contributed by atoms with Gasteiger partial charge in [0, 0.05) is 110 Å². The van der Waals surface area contributed by atoms with E-state index in [1.165, 1.54) is 12.1 Å². The lowest BCUT2D eigenvalue weighted by Gasteiger charge is -2.25. The van der Waals surface area contributed by atoms with Crippen molar-refractivity contribution in [3.63, 3.8) is 0 Å². The minimum atomic E-state index is -0.489. The number of carbonyl (C=O) groups excluding carboxylic acids is 6. The highest BCUT2D eigenvalue weighted by Crippen LogP contribution is 2.43. The number of anilines is 4. The van der Waals surface area contributed by atoms with Crippen molar-refractivity contribution in [3.8, 4) is 11.5 Å². The quantitative estimate of drug-likeness (QED) is 0.0412. The predicted octanol–water partition coefficient (Wildman–Crippen LogP) is 7.50. The van der Waals surface area contributed by atoms with E-state index in [1.54, 1.807) is 60.7 Å². The molecule has 18 nitrogen and oxygen atoms in total. The van der Waals surface area contributed by atoms with Crippen LogP contribution in [0, 0.1) is 0 Å². The monoisotopic (exact) mass is 1160 g/mol. The fourth-order valence-corrected chi connectivity index (χ4v) is 9.79. The van der Waals surface area contributed by atoms with Gasteiger partial charge in [-0.15, -0.1) is 0 Å². The third-order valence-electron chi connectivity index (χ3n) is 13.4. The van der Waals surface area contributed by atoms with Crippen LogP contribution in [0.25, 0.3) is 0 Å². The van der Waals surface area contributed by atoms with Gasteiger partial charge in [0.25, 0.3) is 0 Å². The van der Waals surface area contributed by atoms with E-state index in [2.05, 4.69) is 36.0 Å². The molecular formula is C62H74Cl2N10O8. The van der Waals surface area contributed by atoms with Gasteiger partial charge in [-0.3, -0.25) is 28.8 Å². The van der Waals surface area contributed by atoms with Crippen LogP contribution >= 0.6 is 23.2 Å². The number of benzene rings is 6. The Hall–Kier alpha value is -7.52. The van der Waals surface area contributed by atoms with Gasteiger partial charge in [-0.05, 0) is 119 Å². The minimum Gasteiger partial charge on any atom is -0.507 e. The molecule has 0 amide bonds. The van der Waals surface area contributed by atoms with Gasteiger partial charge in [0.05, 0.1) is 54.6 Å². The topological polar surface area (TPSA) is 233 Å². The Labute approximate surface area is 490 Å². The summed E-state index contributed by atoms with van der Waals surface area (Å²) in [7, 11) is 19.7. The second-order valence-corrected chi connectivity index (χ2v) is 21.8. The molecular weight excluding hydrogens is 1080 g/mol. The van der Waals surface area contributed by atoms with E-state index >= 15 is 0 Å². The van der Waals surface area contributed by atoms with Crippen molar-refractivity contribution < 1.29 is 39.0 Å². The lowest BCUT2D eigenvalue weighted by molar-refractivity contribution is 0.0975. The third-order valence-corrected chi connectivity index (χ3v) is 14.0. The summed E-state index contributed by atoms with van der Waals surface area (Å²) in [4.78, 5) is 88.1. The van der Waals surface area contributed by atoms with Crippen LogP contribution in [0.5, 0.6) is 11.5 Å². The maximum atomic E-state index is 13.4. The summed E-state index contributed by atoms with van der Waals surface area (Å²) in [6.45, 7) is 7.36. The number of nitrogens with zero attached hydrogens (tertiary/aromatic N) is 5. The number of nitrogens with one attached hydrogen (secondary N) is 4. The number of phenols is 2. The first kappa shape index (κ1) is 63.7. The first-order chi connectivity index (χ1) is 39.0. The third kappa shape index (κ3) is 14.9. The summed E-state index contributed by atoms with van der Waals surface area (Å²) in [5, 5.41) is 34.4. The lowest BCUT2D eigenvalue weighted by Crippen LogP contribution is -2.27. The molecule has 0 spiro atoms. The molecule has 0 radical (unpaired) electrons. The highest BCUT2D eigenvalue weighted by atomic mass is 35.5. The Morgan fingerprint density at radius 3 is 0.890 bits per heavy atom. The number of nitrogens with two attached hydrogens (primary N) is 1. The van der Waals surface area contributed by atoms with E-state index in [0.29, 0.717) is 82.3 Å². The van der Waals surface area contributed by atoms with Crippen LogP contribution in [0.2, 0.25) is 10.0 Å². The summed E-state index contributed by atoms with van der Waals surface area (Å²) in [5.74, 6) is -2.21. The number of hydrogen-bond donors (Lipinski definition) is 7. The number of likely N-dealkylation sites (N-methyl/N-ethyl adjacent to an activating group) is 5. The zero-order valence-electron chi connectivity index (χ0n) is 48.2. The van der Waals surface area contributed by atoms with Crippen molar-refractivity contribution in [2.45, 2.75) is 0 Å². The number of halogens is 2. The number of phenolic OH excluding ortho intramolecular Hbond substituents is 2. The van der Waals surface area contributed by atoms with Crippen molar-refractivity contribution in [1.29, 1.82) is 0 Å². The zero-order valence-corrected chi connectivity index (χ0v) is 49.7. The largest absolute Gasteiger partial charge is 0.507 e. The van der Waals surface area contributed by atoms with Gasteiger partial charge in [0.15, 0.2) is 23.1 Å². The molecule has 0 fully saturated rings. The average molecular weight is 1160 g/mol. The molecule has 3 aliphatic carbocycles.